The van der Waals surface area contributed by atoms with Crippen molar-refractivity contribution in [2.45, 2.75) is 77.4 Å². The highest BCUT2D eigenvalue weighted by molar-refractivity contribution is 5.68. The average Bonchev–Trinajstić information content (AvgIpc) is 3.12. The first-order chi connectivity index (χ1) is 13.4. The van der Waals surface area contributed by atoms with E-state index in [0.717, 1.165) is 58.2 Å². The van der Waals surface area contributed by atoms with Gasteiger partial charge in [0.1, 0.15) is 5.60 Å². The summed E-state index contributed by atoms with van der Waals surface area (Å²) in [6.07, 6.45) is 7.43. The zero-order valence-electron chi connectivity index (χ0n) is 17.6. The first-order valence-electron chi connectivity index (χ1n) is 10.7. The summed E-state index contributed by atoms with van der Waals surface area (Å²) in [5.74, 6) is 0. The molecule has 2 aliphatic heterocycles. The predicted octanol–water partition coefficient (Wildman–Crippen LogP) is 4.18. The van der Waals surface area contributed by atoms with E-state index >= 15 is 0 Å². The molecule has 1 fully saturated rings. The minimum absolute atomic E-state index is 0.141. The second kappa shape index (κ2) is 9.59. The van der Waals surface area contributed by atoms with Crippen LogP contribution in [0, 0.1) is 0 Å². The lowest BCUT2D eigenvalue weighted by molar-refractivity contribution is 0.0206. The van der Waals surface area contributed by atoms with Gasteiger partial charge in [0.15, 0.2) is 0 Å². The Balaban J connectivity index is 1.27. The molecular weight excluding hydrogens is 354 g/mol. The van der Waals surface area contributed by atoms with Crippen LogP contribution < -0.4 is 5.32 Å². The maximum atomic E-state index is 12.1. The van der Waals surface area contributed by atoms with Crippen molar-refractivity contribution in [1.29, 1.82) is 0 Å². The molecule has 1 aromatic heterocycles. The monoisotopic (exact) mass is 389 g/mol. The Morgan fingerprint density at radius 1 is 1.29 bits per heavy atom. The number of fused-ring (bicyclic) bond motifs is 1. The van der Waals surface area contributed by atoms with E-state index in [0.29, 0.717) is 6.54 Å². The van der Waals surface area contributed by atoms with Crippen LogP contribution >= 0.6 is 0 Å². The van der Waals surface area contributed by atoms with Crippen molar-refractivity contribution < 1.29 is 14.3 Å². The lowest BCUT2D eigenvalue weighted by Gasteiger charge is -2.24. The van der Waals surface area contributed by atoms with Crippen LogP contribution in [0.1, 0.15) is 64.3 Å². The summed E-state index contributed by atoms with van der Waals surface area (Å²) in [6.45, 7) is 8.86. The van der Waals surface area contributed by atoms with E-state index in [1.54, 1.807) is 4.90 Å². The molecule has 3 heterocycles. The van der Waals surface area contributed by atoms with Crippen LogP contribution in [0.25, 0.3) is 0 Å². The summed E-state index contributed by atoms with van der Waals surface area (Å²) < 4.78 is 11.4. The second-order valence-corrected chi connectivity index (χ2v) is 8.85. The summed E-state index contributed by atoms with van der Waals surface area (Å²) in [5, 5.41) is 3.41. The van der Waals surface area contributed by atoms with Gasteiger partial charge in [-0.3, -0.25) is 4.98 Å². The molecule has 0 aromatic carbocycles. The van der Waals surface area contributed by atoms with Crippen molar-refractivity contribution >= 4 is 11.8 Å². The number of likely N-dealkylation sites (tertiary alicyclic amines) is 1. The summed E-state index contributed by atoms with van der Waals surface area (Å²) in [4.78, 5) is 18.6. The van der Waals surface area contributed by atoms with Crippen molar-refractivity contribution in [2.24, 2.45) is 0 Å². The van der Waals surface area contributed by atoms with Gasteiger partial charge in [-0.05, 0) is 71.4 Å². The topological polar surface area (TPSA) is 63.7 Å². The molecule has 0 saturated carbocycles. The Hall–Kier alpha value is -1.82. The number of hydrogen-bond acceptors (Lipinski definition) is 5. The average molecular weight is 390 g/mol. The van der Waals surface area contributed by atoms with Crippen molar-refractivity contribution in [1.82, 2.24) is 9.88 Å². The quantitative estimate of drug-likeness (QED) is 0.709. The molecular formula is C22H35N3O3. The van der Waals surface area contributed by atoms with E-state index in [4.69, 9.17) is 14.5 Å². The molecule has 6 nitrogen and oxygen atoms in total. The van der Waals surface area contributed by atoms with Crippen molar-refractivity contribution in [3.05, 3.63) is 23.5 Å². The third-order valence-electron chi connectivity index (χ3n) is 5.17. The molecule has 6 heteroatoms. The third kappa shape index (κ3) is 6.36. The zero-order chi connectivity index (χ0) is 20.0. The molecule has 1 saturated heterocycles. The number of unbranched alkanes of at least 4 members (excludes halogenated alkanes) is 2. The van der Waals surface area contributed by atoms with Gasteiger partial charge in [-0.1, -0.05) is 6.42 Å². The fourth-order valence-electron chi connectivity index (χ4n) is 3.71. The fourth-order valence-corrected chi connectivity index (χ4v) is 3.71. The molecule has 1 aromatic rings. The maximum Gasteiger partial charge on any atom is 0.410 e. The van der Waals surface area contributed by atoms with Crippen LogP contribution in [0.2, 0.25) is 0 Å². The van der Waals surface area contributed by atoms with E-state index in [1.165, 1.54) is 23.5 Å². The van der Waals surface area contributed by atoms with Gasteiger partial charge in [-0.25, -0.2) is 4.79 Å². The summed E-state index contributed by atoms with van der Waals surface area (Å²) in [6, 6.07) is 4.33. The molecule has 0 aliphatic carbocycles. The van der Waals surface area contributed by atoms with Gasteiger partial charge in [0.2, 0.25) is 0 Å². The highest BCUT2D eigenvalue weighted by Crippen LogP contribution is 2.21. The van der Waals surface area contributed by atoms with Gasteiger partial charge in [-0.15, -0.1) is 0 Å². The van der Waals surface area contributed by atoms with Crippen LogP contribution in [0.3, 0.4) is 0 Å². The second-order valence-electron chi connectivity index (χ2n) is 8.85. The van der Waals surface area contributed by atoms with E-state index in [9.17, 15) is 4.79 Å². The molecule has 1 atom stereocenters. The number of pyridine rings is 1. The van der Waals surface area contributed by atoms with Gasteiger partial charge in [0, 0.05) is 25.4 Å². The Morgan fingerprint density at radius 3 is 2.96 bits per heavy atom. The van der Waals surface area contributed by atoms with Gasteiger partial charge in [0.25, 0.3) is 0 Å². The number of ether oxygens (including phenoxy) is 2. The van der Waals surface area contributed by atoms with Crippen molar-refractivity contribution in [3.63, 3.8) is 0 Å². The number of anilines is 1. The highest BCUT2D eigenvalue weighted by atomic mass is 16.6. The molecule has 28 heavy (non-hydrogen) atoms. The fraction of sp³-hybridized carbons (Fsp3) is 0.727. The molecule has 0 unspecified atom stereocenters. The molecule has 1 N–H and O–H groups in total. The smallest absolute Gasteiger partial charge is 0.410 e. The lowest BCUT2D eigenvalue weighted by Crippen LogP contribution is -2.36. The standard InChI is InChI=1S/C22H35N3O3/c1-22(2,3)28-21(26)25-14-12-18(16-25)27-15-6-4-5-8-17-10-11-19-20(24-17)9-7-13-23-19/h10-11,18,23H,4-9,12-16H2,1-3H3/t18-/m1/s1. The van der Waals surface area contributed by atoms with Crippen LogP contribution in [0.4, 0.5) is 10.5 Å². The number of aryl methyl sites for hydroxylation is 2. The van der Waals surface area contributed by atoms with Gasteiger partial charge >= 0.3 is 6.09 Å². The highest BCUT2D eigenvalue weighted by Gasteiger charge is 2.30. The van der Waals surface area contributed by atoms with Crippen molar-refractivity contribution in [3.8, 4) is 0 Å². The SMILES string of the molecule is CC(C)(C)OC(=O)N1CC[C@@H](OCCCCCc2ccc3c(n2)CCCN3)C1. The molecule has 0 radical (unpaired) electrons. The van der Waals surface area contributed by atoms with E-state index in [1.807, 2.05) is 20.8 Å². The Morgan fingerprint density at radius 2 is 2.14 bits per heavy atom. The van der Waals surface area contributed by atoms with Crippen LogP contribution in [0.15, 0.2) is 12.1 Å². The minimum atomic E-state index is -0.445. The minimum Gasteiger partial charge on any atom is -0.444 e. The number of aromatic nitrogens is 1. The first kappa shape index (κ1) is 20.9. The van der Waals surface area contributed by atoms with Crippen molar-refractivity contribution in [2.75, 3.05) is 31.6 Å². The van der Waals surface area contributed by atoms with E-state index in [2.05, 4.69) is 17.4 Å². The summed E-state index contributed by atoms with van der Waals surface area (Å²) in [5.41, 5.74) is 3.19. The van der Waals surface area contributed by atoms with Crippen LogP contribution in [-0.2, 0) is 22.3 Å². The molecule has 0 spiro atoms. The summed E-state index contributed by atoms with van der Waals surface area (Å²) in [7, 11) is 0. The number of amides is 1. The maximum absolute atomic E-state index is 12.1. The van der Waals surface area contributed by atoms with Crippen LogP contribution in [0.5, 0.6) is 0 Å². The van der Waals surface area contributed by atoms with Gasteiger partial charge in [0.05, 0.1) is 24.0 Å². The van der Waals surface area contributed by atoms with E-state index in [-0.39, 0.29) is 12.2 Å². The lowest BCUT2D eigenvalue weighted by atomic mass is 10.1. The third-order valence-corrected chi connectivity index (χ3v) is 5.17. The first-order valence-corrected chi connectivity index (χ1v) is 10.7. The van der Waals surface area contributed by atoms with Crippen LogP contribution in [-0.4, -0.2) is 53.9 Å². The van der Waals surface area contributed by atoms with Gasteiger partial charge in [-0.2, -0.15) is 0 Å². The number of rotatable bonds is 7. The molecule has 1 amide bonds. The Kier molecular flexibility index (Phi) is 7.16. The number of hydrogen-bond donors (Lipinski definition) is 1. The largest absolute Gasteiger partial charge is 0.444 e. The molecule has 0 bridgehead atoms. The Labute approximate surface area is 169 Å². The predicted molar refractivity (Wildman–Crippen MR) is 111 cm³/mol. The number of nitrogens with zero attached hydrogens (tertiary/aromatic N) is 2. The number of nitrogens with one attached hydrogen (secondary N) is 1. The number of carbonyl (C=O) groups is 1. The van der Waals surface area contributed by atoms with E-state index < -0.39 is 5.60 Å². The summed E-state index contributed by atoms with van der Waals surface area (Å²) >= 11 is 0. The number of carbonyl (C=O) groups excluding carboxylic acids is 1. The zero-order valence-corrected chi connectivity index (χ0v) is 17.6. The van der Waals surface area contributed by atoms with Gasteiger partial charge < -0.3 is 19.7 Å². The normalized spacial score (nSPS) is 19.2. The molecule has 2 aliphatic rings. The molecule has 3 rings (SSSR count). The molecule has 156 valence electrons. The Bertz CT molecular complexity index is 657.